The van der Waals surface area contributed by atoms with Gasteiger partial charge in [0, 0.05) is 44.1 Å². The molecule has 2 aliphatic rings. The molecule has 2 N–H and O–H groups in total. The van der Waals surface area contributed by atoms with Gasteiger partial charge in [0.05, 0.1) is 37.7 Å². The van der Waals surface area contributed by atoms with E-state index in [2.05, 4.69) is 40.0 Å². The number of furan rings is 1. The Morgan fingerprint density at radius 3 is 2.97 bits per heavy atom. The Labute approximate surface area is 188 Å². The summed E-state index contributed by atoms with van der Waals surface area (Å²) < 4.78 is 17.0. The zero-order valence-electron chi connectivity index (χ0n) is 18.3. The molecule has 0 saturated carbocycles. The van der Waals surface area contributed by atoms with Gasteiger partial charge in [-0.25, -0.2) is 0 Å². The summed E-state index contributed by atoms with van der Waals surface area (Å²) in [5, 5.41) is 9.12. The number of thiophene rings is 1. The minimum Gasteiger partial charge on any atom is -0.469 e. The van der Waals surface area contributed by atoms with Crippen molar-refractivity contribution in [1.82, 2.24) is 15.5 Å². The molecule has 0 spiro atoms. The monoisotopic (exact) mass is 446 g/mol. The molecule has 2 aromatic heterocycles. The average Bonchev–Trinajstić information content (AvgIpc) is 3.56. The maximum atomic E-state index is 5.78. The van der Waals surface area contributed by atoms with Crippen LogP contribution in [0.5, 0.6) is 0 Å². The van der Waals surface area contributed by atoms with Gasteiger partial charge < -0.3 is 24.5 Å². The third-order valence-corrected chi connectivity index (χ3v) is 6.75. The fourth-order valence-electron chi connectivity index (χ4n) is 4.12. The van der Waals surface area contributed by atoms with E-state index in [9.17, 15) is 0 Å². The van der Waals surface area contributed by atoms with Crippen molar-refractivity contribution in [2.24, 2.45) is 4.99 Å². The number of guanidine groups is 1. The molecule has 0 aromatic carbocycles. The topological polar surface area (TPSA) is 71.3 Å². The van der Waals surface area contributed by atoms with Crippen molar-refractivity contribution in [2.45, 2.75) is 44.4 Å². The van der Waals surface area contributed by atoms with Crippen LogP contribution in [0.3, 0.4) is 0 Å². The van der Waals surface area contributed by atoms with Gasteiger partial charge in [0.25, 0.3) is 0 Å². The van der Waals surface area contributed by atoms with Crippen molar-refractivity contribution < 1.29 is 13.9 Å². The zero-order chi connectivity index (χ0) is 21.3. The molecule has 170 valence electrons. The second-order valence-electron chi connectivity index (χ2n) is 8.17. The predicted octanol–water partition coefficient (Wildman–Crippen LogP) is 3.06. The predicted molar refractivity (Wildman–Crippen MR) is 124 cm³/mol. The molecule has 2 saturated heterocycles. The molecule has 0 amide bonds. The highest BCUT2D eigenvalue weighted by atomic mass is 32.1. The summed E-state index contributed by atoms with van der Waals surface area (Å²) in [4.78, 5) is 8.85. The maximum Gasteiger partial charge on any atom is 0.191 e. The van der Waals surface area contributed by atoms with E-state index in [4.69, 9.17) is 18.9 Å². The average molecular weight is 447 g/mol. The van der Waals surface area contributed by atoms with Crippen molar-refractivity contribution in [3.8, 4) is 0 Å². The second kappa shape index (κ2) is 11.7. The zero-order valence-corrected chi connectivity index (χ0v) is 19.1. The number of nitrogens with zero attached hydrogens (tertiary/aromatic N) is 2. The lowest BCUT2D eigenvalue weighted by molar-refractivity contribution is -0.0327. The summed E-state index contributed by atoms with van der Waals surface area (Å²) in [5.41, 5.74) is 0. The van der Waals surface area contributed by atoms with Crippen LogP contribution in [-0.2, 0) is 15.9 Å². The Morgan fingerprint density at radius 1 is 1.26 bits per heavy atom. The number of ether oxygens (including phenoxy) is 2. The van der Waals surface area contributed by atoms with Gasteiger partial charge in [-0.05, 0) is 43.3 Å². The molecule has 7 nitrogen and oxygen atoms in total. The van der Waals surface area contributed by atoms with E-state index in [1.54, 1.807) is 17.6 Å². The van der Waals surface area contributed by atoms with E-state index in [0.29, 0.717) is 6.54 Å². The largest absolute Gasteiger partial charge is 0.469 e. The molecule has 4 heterocycles. The van der Waals surface area contributed by atoms with E-state index in [1.165, 1.54) is 4.88 Å². The van der Waals surface area contributed by atoms with Gasteiger partial charge in [0.15, 0.2) is 5.96 Å². The molecule has 0 aliphatic carbocycles. The number of aliphatic imine (C=N–C) groups is 1. The van der Waals surface area contributed by atoms with Gasteiger partial charge in [-0.2, -0.15) is 0 Å². The quantitative estimate of drug-likeness (QED) is 0.456. The van der Waals surface area contributed by atoms with Crippen LogP contribution in [0.15, 0.2) is 45.3 Å². The van der Waals surface area contributed by atoms with E-state index in [1.807, 2.05) is 12.1 Å². The van der Waals surface area contributed by atoms with Crippen LogP contribution in [0.1, 0.15) is 36.4 Å². The molecule has 3 atom stereocenters. The molecule has 2 aliphatic heterocycles. The highest BCUT2D eigenvalue weighted by molar-refractivity contribution is 7.10. The Morgan fingerprint density at radius 2 is 2.23 bits per heavy atom. The standard InChI is InChI=1S/C23H34N4O3S/c1-18-17-27(10-13-28-18)21(22-7-4-14-31-22)16-26-23(25-15-20-6-3-12-30-20)24-9-8-19-5-2-11-29-19/h2,4-5,7,11,14,18,20-21H,3,6,8-10,12-13,15-17H2,1H3,(H2,24,25,26). The summed E-state index contributed by atoms with van der Waals surface area (Å²) in [6.07, 6.45) is 5.31. The molecule has 0 bridgehead atoms. The van der Waals surface area contributed by atoms with Crippen LogP contribution in [-0.4, -0.2) is 69.0 Å². The maximum absolute atomic E-state index is 5.78. The highest BCUT2D eigenvalue weighted by Gasteiger charge is 2.26. The molecule has 31 heavy (non-hydrogen) atoms. The summed E-state index contributed by atoms with van der Waals surface area (Å²) in [5.74, 6) is 1.81. The minimum atomic E-state index is 0.253. The van der Waals surface area contributed by atoms with Gasteiger partial charge in [-0.3, -0.25) is 9.89 Å². The summed E-state index contributed by atoms with van der Waals surface area (Å²) in [7, 11) is 0. The number of rotatable bonds is 9. The van der Waals surface area contributed by atoms with Crippen molar-refractivity contribution in [2.75, 3.05) is 45.9 Å². The van der Waals surface area contributed by atoms with Crippen molar-refractivity contribution >= 4 is 17.3 Å². The SMILES string of the molecule is CC1CN(C(CN=C(NCCc2ccco2)NCC2CCCO2)c2cccs2)CCO1. The van der Waals surface area contributed by atoms with Gasteiger partial charge in [0.1, 0.15) is 5.76 Å². The van der Waals surface area contributed by atoms with E-state index < -0.39 is 0 Å². The van der Waals surface area contributed by atoms with Crippen LogP contribution in [0.25, 0.3) is 0 Å². The lowest BCUT2D eigenvalue weighted by Gasteiger charge is -2.36. The third-order valence-electron chi connectivity index (χ3n) is 5.77. The molecule has 8 heteroatoms. The molecular weight excluding hydrogens is 412 g/mol. The van der Waals surface area contributed by atoms with E-state index >= 15 is 0 Å². The van der Waals surface area contributed by atoms with Crippen LogP contribution in [0.2, 0.25) is 0 Å². The van der Waals surface area contributed by atoms with Crippen LogP contribution < -0.4 is 10.6 Å². The number of nitrogens with one attached hydrogen (secondary N) is 2. The third kappa shape index (κ3) is 6.80. The number of morpholine rings is 1. The smallest absolute Gasteiger partial charge is 0.191 e. The van der Waals surface area contributed by atoms with Gasteiger partial charge in [-0.1, -0.05) is 6.07 Å². The molecular formula is C23H34N4O3S. The van der Waals surface area contributed by atoms with Gasteiger partial charge >= 0.3 is 0 Å². The van der Waals surface area contributed by atoms with Crippen LogP contribution in [0, 0.1) is 0 Å². The molecule has 3 unspecified atom stereocenters. The van der Waals surface area contributed by atoms with E-state index in [0.717, 1.165) is 70.4 Å². The Kier molecular flexibility index (Phi) is 8.40. The normalized spacial score (nSPS) is 23.7. The van der Waals surface area contributed by atoms with Gasteiger partial charge in [0.2, 0.25) is 0 Å². The first-order chi connectivity index (χ1) is 15.3. The van der Waals surface area contributed by atoms with Crippen molar-refractivity contribution in [3.05, 3.63) is 46.5 Å². The highest BCUT2D eigenvalue weighted by Crippen LogP contribution is 2.27. The second-order valence-corrected chi connectivity index (χ2v) is 9.15. The lowest BCUT2D eigenvalue weighted by atomic mass is 10.1. The lowest BCUT2D eigenvalue weighted by Crippen LogP contribution is -2.45. The summed E-state index contributed by atoms with van der Waals surface area (Å²) >= 11 is 1.80. The Hall–Kier alpha value is -1.87. The Balaban J connectivity index is 1.40. The summed E-state index contributed by atoms with van der Waals surface area (Å²) in [6.45, 7) is 7.91. The fraction of sp³-hybridized carbons (Fsp3) is 0.609. The first kappa shape index (κ1) is 22.3. The number of hydrogen-bond acceptors (Lipinski definition) is 6. The van der Waals surface area contributed by atoms with Crippen LogP contribution >= 0.6 is 11.3 Å². The minimum absolute atomic E-state index is 0.253. The fourth-order valence-corrected chi connectivity index (χ4v) is 4.97. The molecule has 2 fully saturated rings. The molecule has 0 radical (unpaired) electrons. The Bertz CT molecular complexity index is 775. The van der Waals surface area contributed by atoms with Crippen molar-refractivity contribution in [3.63, 3.8) is 0 Å². The molecule has 4 rings (SSSR count). The first-order valence-corrected chi connectivity index (χ1v) is 12.2. The van der Waals surface area contributed by atoms with Gasteiger partial charge in [-0.15, -0.1) is 11.3 Å². The summed E-state index contributed by atoms with van der Waals surface area (Å²) in [6, 6.07) is 8.53. The molecule has 2 aromatic rings. The first-order valence-electron chi connectivity index (χ1n) is 11.3. The van der Waals surface area contributed by atoms with Crippen molar-refractivity contribution in [1.29, 1.82) is 0 Å². The van der Waals surface area contributed by atoms with Crippen LogP contribution in [0.4, 0.5) is 0 Å². The number of hydrogen-bond donors (Lipinski definition) is 2. The van der Waals surface area contributed by atoms with E-state index in [-0.39, 0.29) is 18.2 Å².